The molecule has 0 saturated carbocycles. The first-order valence-corrected chi connectivity index (χ1v) is 13.1. The summed E-state index contributed by atoms with van der Waals surface area (Å²) in [5, 5.41) is 3.01. The Balaban J connectivity index is 1.81. The van der Waals surface area contributed by atoms with Crippen LogP contribution in [0.5, 0.6) is 0 Å². The number of carbonyl (C=O) groups is 1. The Morgan fingerprint density at radius 3 is 2.13 bits per heavy atom. The molecular formula is C19H29N3O6S2. The summed E-state index contributed by atoms with van der Waals surface area (Å²) in [6.45, 7) is 4.22. The topological polar surface area (TPSA) is 104 Å². The molecule has 0 aromatic heterocycles. The fourth-order valence-corrected chi connectivity index (χ4v) is 7.30. The number of morpholine rings is 1. The second kappa shape index (κ2) is 8.54. The zero-order valence-electron chi connectivity index (χ0n) is 17.7. The molecule has 11 heteroatoms. The van der Waals surface area contributed by atoms with Gasteiger partial charge in [0.2, 0.25) is 10.0 Å². The molecule has 2 heterocycles. The average Bonchev–Trinajstić information content (AvgIpc) is 3.00. The summed E-state index contributed by atoms with van der Waals surface area (Å²) in [4.78, 5) is 13.2. The predicted molar refractivity (Wildman–Crippen MR) is 112 cm³/mol. The molecule has 0 aliphatic carbocycles. The fraction of sp³-hybridized carbons (Fsp3) is 0.632. The van der Waals surface area contributed by atoms with E-state index in [2.05, 4.69) is 0 Å². The zero-order valence-corrected chi connectivity index (χ0v) is 19.3. The van der Waals surface area contributed by atoms with E-state index in [9.17, 15) is 21.6 Å². The zero-order chi connectivity index (χ0) is 22.3. The van der Waals surface area contributed by atoms with Gasteiger partial charge in [0.25, 0.3) is 5.91 Å². The van der Waals surface area contributed by atoms with Crippen LogP contribution in [0.2, 0.25) is 0 Å². The van der Waals surface area contributed by atoms with Crippen LogP contribution in [0, 0.1) is 0 Å². The SMILES string of the molecule is C[C@@H]1CN(S(=O)(=O)c2ccc(C(=O)N([C@@H]3CCS(=O)(=O)C3)N(C)C)cc2)C[C@@H](C)O1. The van der Waals surface area contributed by atoms with Crippen LogP contribution in [0.15, 0.2) is 29.2 Å². The van der Waals surface area contributed by atoms with Crippen molar-refractivity contribution in [3.05, 3.63) is 29.8 Å². The third-order valence-corrected chi connectivity index (χ3v) is 8.91. The quantitative estimate of drug-likeness (QED) is 0.594. The van der Waals surface area contributed by atoms with E-state index in [0.29, 0.717) is 12.0 Å². The minimum absolute atomic E-state index is 0.0584. The molecule has 2 fully saturated rings. The lowest BCUT2D eigenvalue weighted by molar-refractivity contribution is -0.0440. The number of nitrogens with zero attached hydrogens (tertiary/aromatic N) is 3. The van der Waals surface area contributed by atoms with E-state index in [-0.39, 0.29) is 47.6 Å². The van der Waals surface area contributed by atoms with E-state index in [1.54, 1.807) is 19.1 Å². The second-order valence-corrected chi connectivity index (χ2v) is 12.3. The first-order chi connectivity index (χ1) is 13.9. The van der Waals surface area contributed by atoms with Crippen molar-refractivity contribution in [3.8, 4) is 0 Å². The van der Waals surface area contributed by atoms with Gasteiger partial charge in [-0.15, -0.1) is 0 Å². The van der Waals surface area contributed by atoms with Crippen LogP contribution in [-0.2, 0) is 24.6 Å². The van der Waals surface area contributed by atoms with Gasteiger partial charge in [-0.1, -0.05) is 0 Å². The van der Waals surface area contributed by atoms with Crippen molar-refractivity contribution in [2.75, 3.05) is 38.7 Å². The summed E-state index contributed by atoms with van der Waals surface area (Å²) in [6, 6.07) is 5.36. The summed E-state index contributed by atoms with van der Waals surface area (Å²) >= 11 is 0. The lowest BCUT2D eigenvalue weighted by atomic mass is 10.1. The monoisotopic (exact) mass is 459 g/mol. The number of sulfonamides is 1. The molecule has 2 aliphatic rings. The van der Waals surface area contributed by atoms with Crippen LogP contribution in [0.1, 0.15) is 30.6 Å². The molecule has 9 nitrogen and oxygen atoms in total. The molecule has 0 bridgehead atoms. The van der Waals surface area contributed by atoms with Gasteiger partial charge in [-0.25, -0.2) is 21.8 Å². The number of sulfone groups is 1. The average molecular weight is 460 g/mol. The van der Waals surface area contributed by atoms with Gasteiger partial charge in [-0.2, -0.15) is 4.31 Å². The van der Waals surface area contributed by atoms with E-state index in [0.717, 1.165) is 0 Å². The van der Waals surface area contributed by atoms with Crippen molar-refractivity contribution < 1.29 is 26.4 Å². The molecule has 1 aromatic rings. The van der Waals surface area contributed by atoms with Crippen LogP contribution in [-0.4, -0.2) is 94.0 Å². The molecule has 30 heavy (non-hydrogen) atoms. The highest BCUT2D eigenvalue weighted by Crippen LogP contribution is 2.24. The Morgan fingerprint density at radius 1 is 1.10 bits per heavy atom. The molecule has 0 spiro atoms. The Hall–Kier alpha value is -1.53. The third kappa shape index (κ3) is 4.86. The van der Waals surface area contributed by atoms with Gasteiger partial charge < -0.3 is 4.74 Å². The lowest BCUT2D eigenvalue weighted by Gasteiger charge is -2.34. The number of rotatable bonds is 5. The minimum atomic E-state index is -3.70. The van der Waals surface area contributed by atoms with Gasteiger partial charge in [0.05, 0.1) is 34.7 Å². The van der Waals surface area contributed by atoms with Crippen molar-refractivity contribution in [1.29, 1.82) is 0 Å². The Bertz CT molecular complexity index is 982. The minimum Gasteiger partial charge on any atom is -0.373 e. The molecule has 0 N–H and O–H groups in total. The summed E-state index contributed by atoms with van der Waals surface area (Å²) < 4.78 is 56.7. The molecule has 3 rings (SSSR count). The van der Waals surface area contributed by atoms with Crippen LogP contribution < -0.4 is 0 Å². The number of hydrogen-bond donors (Lipinski definition) is 0. The molecule has 0 radical (unpaired) electrons. The molecular weight excluding hydrogens is 430 g/mol. The summed E-state index contributed by atoms with van der Waals surface area (Å²) in [7, 11) is -3.49. The molecule has 2 saturated heterocycles. The number of ether oxygens (including phenoxy) is 1. The van der Waals surface area contributed by atoms with E-state index in [1.165, 1.54) is 33.6 Å². The number of benzene rings is 1. The number of hydrogen-bond acceptors (Lipinski definition) is 7. The van der Waals surface area contributed by atoms with E-state index in [4.69, 9.17) is 4.74 Å². The maximum atomic E-state index is 13.0. The number of carbonyl (C=O) groups excluding carboxylic acids is 1. The number of hydrazine groups is 1. The van der Waals surface area contributed by atoms with E-state index < -0.39 is 25.9 Å². The summed E-state index contributed by atoms with van der Waals surface area (Å²) in [5.74, 6) is -0.376. The maximum absolute atomic E-state index is 13.0. The molecule has 3 atom stereocenters. The normalized spacial score (nSPS) is 27.3. The van der Waals surface area contributed by atoms with Gasteiger partial charge in [0, 0.05) is 32.7 Å². The van der Waals surface area contributed by atoms with Gasteiger partial charge in [0.15, 0.2) is 9.84 Å². The van der Waals surface area contributed by atoms with Crippen LogP contribution in [0.25, 0.3) is 0 Å². The van der Waals surface area contributed by atoms with Crippen LogP contribution in [0.4, 0.5) is 0 Å². The highest BCUT2D eigenvalue weighted by atomic mass is 32.2. The van der Waals surface area contributed by atoms with Crippen molar-refractivity contribution >= 4 is 25.8 Å². The first-order valence-electron chi connectivity index (χ1n) is 9.87. The standard InChI is InChI=1S/C19H29N3O6S2/c1-14-11-21(12-15(2)28-14)30(26,27)18-7-5-16(6-8-18)19(23)22(20(3)4)17-9-10-29(24,25)13-17/h5-8,14-15,17H,9-13H2,1-4H3/t14-,15-,17-/m1/s1. The summed E-state index contributed by atoms with van der Waals surface area (Å²) in [5.41, 5.74) is 0.302. The van der Waals surface area contributed by atoms with E-state index >= 15 is 0 Å². The third-order valence-electron chi connectivity index (χ3n) is 5.32. The summed E-state index contributed by atoms with van der Waals surface area (Å²) in [6.07, 6.45) is -0.00650. The maximum Gasteiger partial charge on any atom is 0.268 e. The van der Waals surface area contributed by atoms with Gasteiger partial charge in [-0.3, -0.25) is 9.80 Å². The van der Waals surface area contributed by atoms with E-state index in [1.807, 2.05) is 13.8 Å². The highest BCUT2D eigenvalue weighted by molar-refractivity contribution is 7.91. The smallest absolute Gasteiger partial charge is 0.268 e. The predicted octanol–water partition coefficient (Wildman–Crippen LogP) is 0.590. The highest BCUT2D eigenvalue weighted by Gasteiger charge is 2.37. The Labute approximate surface area is 178 Å². The molecule has 1 aromatic carbocycles. The largest absolute Gasteiger partial charge is 0.373 e. The molecule has 1 amide bonds. The molecule has 168 valence electrons. The van der Waals surface area contributed by atoms with Crippen LogP contribution in [0.3, 0.4) is 0 Å². The lowest BCUT2D eigenvalue weighted by Crippen LogP contribution is -2.49. The van der Waals surface area contributed by atoms with Crippen LogP contribution >= 0.6 is 0 Å². The van der Waals surface area contributed by atoms with Gasteiger partial charge in [0.1, 0.15) is 0 Å². The van der Waals surface area contributed by atoms with Gasteiger partial charge >= 0.3 is 0 Å². The fourth-order valence-electron chi connectivity index (χ4n) is 4.02. The molecule has 0 unspecified atom stereocenters. The van der Waals surface area contributed by atoms with Gasteiger partial charge in [-0.05, 0) is 44.5 Å². The van der Waals surface area contributed by atoms with Crippen molar-refractivity contribution in [1.82, 2.24) is 14.3 Å². The van der Waals surface area contributed by atoms with Crippen molar-refractivity contribution in [2.45, 2.75) is 43.4 Å². The second-order valence-electron chi connectivity index (χ2n) is 8.16. The molecule has 2 aliphatic heterocycles. The first kappa shape index (κ1) is 23.1. The number of amides is 1. The Morgan fingerprint density at radius 2 is 1.67 bits per heavy atom. The van der Waals surface area contributed by atoms with Crippen molar-refractivity contribution in [2.24, 2.45) is 0 Å². The van der Waals surface area contributed by atoms with Crippen molar-refractivity contribution in [3.63, 3.8) is 0 Å². The Kier molecular flexibility index (Phi) is 6.59.